The summed E-state index contributed by atoms with van der Waals surface area (Å²) in [6, 6.07) is 9.58. The Labute approximate surface area is 92.2 Å². The topological polar surface area (TPSA) is 55.4 Å². The van der Waals surface area contributed by atoms with E-state index in [1.807, 2.05) is 30.3 Å². The Morgan fingerprint density at radius 2 is 1.88 bits per heavy atom. The van der Waals surface area contributed by atoms with Crippen LogP contribution in [0.5, 0.6) is 0 Å². The van der Waals surface area contributed by atoms with Gasteiger partial charge >= 0.3 is 11.9 Å². The van der Waals surface area contributed by atoms with Gasteiger partial charge in [0.2, 0.25) is 0 Å². The van der Waals surface area contributed by atoms with Crippen LogP contribution in [0.25, 0.3) is 6.08 Å². The van der Waals surface area contributed by atoms with Crippen molar-refractivity contribution in [3.05, 3.63) is 53.9 Å². The molecule has 0 aliphatic carbocycles. The molecule has 0 radical (unpaired) electrons. The molecule has 0 atom stereocenters. The standard InChI is InChI=1S/C12H9NO3/c14-11-8-10(12(15)16-11)13-7-6-9-4-2-1-3-5-9/h1-8,13H. The van der Waals surface area contributed by atoms with Gasteiger partial charge < -0.3 is 10.1 Å². The molecule has 1 aromatic rings. The summed E-state index contributed by atoms with van der Waals surface area (Å²) in [5.74, 6) is -1.29. The molecule has 0 saturated heterocycles. The van der Waals surface area contributed by atoms with Crippen molar-refractivity contribution < 1.29 is 14.3 Å². The zero-order chi connectivity index (χ0) is 11.4. The molecule has 16 heavy (non-hydrogen) atoms. The normalized spacial score (nSPS) is 15.1. The van der Waals surface area contributed by atoms with Crippen molar-refractivity contribution in [3.8, 4) is 0 Å². The lowest BCUT2D eigenvalue weighted by Crippen LogP contribution is -2.12. The SMILES string of the molecule is O=C1C=C(NC=Cc2ccccc2)C(=O)O1. The quantitative estimate of drug-likeness (QED) is 0.608. The Kier molecular flexibility index (Phi) is 2.82. The van der Waals surface area contributed by atoms with Gasteiger partial charge in [0.1, 0.15) is 5.70 Å². The lowest BCUT2D eigenvalue weighted by Gasteiger charge is -1.96. The fraction of sp³-hybridized carbons (Fsp3) is 0. The number of benzene rings is 1. The summed E-state index contributed by atoms with van der Waals surface area (Å²) < 4.78 is 4.31. The van der Waals surface area contributed by atoms with Gasteiger partial charge in [-0.2, -0.15) is 0 Å². The van der Waals surface area contributed by atoms with Crippen LogP contribution in [0.2, 0.25) is 0 Å². The number of esters is 2. The summed E-state index contributed by atoms with van der Waals surface area (Å²) in [5.41, 5.74) is 1.14. The highest BCUT2D eigenvalue weighted by atomic mass is 16.6. The number of hydrogen-bond acceptors (Lipinski definition) is 4. The van der Waals surface area contributed by atoms with E-state index < -0.39 is 11.9 Å². The van der Waals surface area contributed by atoms with Crippen molar-refractivity contribution >= 4 is 18.0 Å². The maximum atomic E-state index is 11.0. The summed E-state index contributed by atoms with van der Waals surface area (Å²) in [6.45, 7) is 0. The van der Waals surface area contributed by atoms with Gasteiger partial charge in [-0.3, -0.25) is 0 Å². The molecule has 0 amide bonds. The molecule has 1 N–H and O–H groups in total. The zero-order valence-electron chi connectivity index (χ0n) is 8.34. The number of nitrogens with one attached hydrogen (secondary N) is 1. The minimum Gasteiger partial charge on any atom is -0.385 e. The smallest absolute Gasteiger partial charge is 0.362 e. The van der Waals surface area contributed by atoms with E-state index in [-0.39, 0.29) is 5.70 Å². The van der Waals surface area contributed by atoms with E-state index in [9.17, 15) is 9.59 Å². The van der Waals surface area contributed by atoms with Crippen molar-refractivity contribution in [1.82, 2.24) is 5.32 Å². The summed E-state index contributed by atoms with van der Waals surface area (Å²) in [4.78, 5) is 21.7. The molecule has 0 bridgehead atoms. The van der Waals surface area contributed by atoms with Gasteiger partial charge in [-0.1, -0.05) is 30.3 Å². The van der Waals surface area contributed by atoms with Crippen molar-refractivity contribution in [3.63, 3.8) is 0 Å². The number of hydrogen-bond donors (Lipinski definition) is 1. The highest BCUT2D eigenvalue weighted by Gasteiger charge is 2.22. The van der Waals surface area contributed by atoms with Crippen LogP contribution in [0.1, 0.15) is 5.56 Å². The monoisotopic (exact) mass is 215 g/mol. The largest absolute Gasteiger partial charge is 0.385 e. The minimum atomic E-state index is -0.650. The van der Waals surface area contributed by atoms with Crippen molar-refractivity contribution in [2.75, 3.05) is 0 Å². The van der Waals surface area contributed by atoms with E-state index in [0.29, 0.717) is 0 Å². The third-order valence-electron chi connectivity index (χ3n) is 1.99. The molecule has 2 rings (SSSR count). The van der Waals surface area contributed by atoms with Crippen molar-refractivity contribution in [2.45, 2.75) is 0 Å². The first kappa shape index (κ1) is 10.2. The lowest BCUT2D eigenvalue weighted by molar-refractivity contribution is -0.150. The van der Waals surface area contributed by atoms with E-state index >= 15 is 0 Å². The van der Waals surface area contributed by atoms with Crippen molar-refractivity contribution in [1.29, 1.82) is 0 Å². The molecule has 1 aromatic carbocycles. The molecule has 0 spiro atoms. The Balaban J connectivity index is 1.98. The second kappa shape index (κ2) is 4.44. The summed E-state index contributed by atoms with van der Waals surface area (Å²) in [7, 11) is 0. The molecule has 0 unspecified atom stereocenters. The predicted octanol–water partition coefficient (Wildman–Crippen LogP) is 1.21. The van der Waals surface area contributed by atoms with Crippen LogP contribution < -0.4 is 5.32 Å². The highest BCUT2D eigenvalue weighted by Crippen LogP contribution is 2.05. The molecule has 4 heteroatoms. The van der Waals surface area contributed by atoms with Crippen molar-refractivity contribution in [2.24, 2.45) is 0 Å². The van der Waals surface area contributed by atoms with E-state index in [1.54, 1.807) is 12.3 Å². The molecule has 1 aliphatic rings. The van der Waals surface area contributed by atoms with Crippen LogP contribution in [0, 0.1) is 0 Å². The molecule has 0 aromatic heterocycles. The summed E-state index contributed by atoms with van der Waals surface area (Å²) in [5, 5.41) is 2.70. The van der Waals surface area contributed by atoms with Crippen LogP contribution >= 0.6 is 0 Å². The second-order valence-electron chi connectivity index (χ2n) is 3.15. The van der Waals surface area contributed by atoms with Gasteiger partial charge in [0.15, 0.2) is 0 Å². The fourth-order valence-electron chi connectivity index (χ4n) is 1.24. The Morgan fingerprint density at radius 1 is 1.12 bits per heavy atom. The minimum absolute atomic E-state index is 0.150. The van der Waals surface area contributed by atoms with Gasteiger partial charge in [-0.25, -0.2) is 9.59 Å². The Morgan fingerprint density at radius 3 is 2.50 bits per heavy atom. The van der Waals surface area contributed by atoms with Gasteiger partial charge in [-0.05, 0) is 11.6 Å². The predicted molar refractivity (Wildman–Crippen MR) is 57.8 cm³/mol. The molecule has 0 saturated carbocycles. The van der Waals surface area contributed by atoms with E-state index in [1.165, 1.54) is 0 Å². The van der Waals surface area contributed by atoms with Crippen LogP contribution in [0.4, 0.5) is 0 Å². The van der Waals surface area contributed by atoms with Crippen LogP contribution in [-0.2, 0) is 14.3 Å². The molecular formula is C12H9NO3. The number of rotatable bonds is 3. The summed E-state index contributed by atoms with van der Waals surface area (Å²) >= 11 is 0. The Bertz CT molecular complexity index is 474. The van der Waals surface area contributed by atoms with E-state index in [4.69, 9.17) is 0 Å². The third kappa shape index (κ3) is 2.36. The number of carbonyl (C=O) groups excluding carboxylic acids is 2. The first-order chi connectivity index (χ1) is 7.75. The lowest BCUT2D eigenvalue weighted by atomic mass is 10.2. The average molecular weight is 215 g/mol. The summed E-state index contributed by atoms with van der Waals surface area (Å²) in [6.07, 6.45) is 4.50. The number of ether oxygens (including phenoxy) is 1. The molecule has 80 valence electrons. The molecule has 1 heterocycles. The third-order valence-corrected chi connectivity index (χ3v) is 1.99. The second-order valence-corrected chi connectivity index (χ2v) is 3.15. The first-order valence-corrected chi connectivity index (χ1v) is 4.72. The first-order valence-electron chi connectivity index (χ1n) is 4.72. The van der Waals surface area contributed by atoms with Gasteiger partial charge in [0.05, 0.1) is 6.08 Å². The number of carbonyl (C=O) groups is 2. The van der Waals surface area contributed by atoms with Gasteiger partial charge in [0.25, 0.3) is 0 Å². The zero-order valence-corrected chi connectivity index (χ0v) is 8.34. The van der Waals surface area contributed by atoms with Crippen LogP contribution in [0.3, 0.4) is 0 Å². The molecule has 4 nitrogen and oxygen atoms in total. The van der Waals surface area contributed by atoms with Crippen LogP contribution in [0.15, 0.2) is 48.3 Å². The number of cyclic esters (lactones) is 2. The highest BCUT2D eigenvalue weighted by molar-refractivity contribution is 6.08. The maximum absolute atomic E-state index is 11.0. The van der Waals surface area contributed by atoms with Gasteiger partial charge in [-0.15, -0.1) is 0 Å². The molecular weight excluding hydrogens is 206 g/mol. The van der Waals surface area contributed by atoms with Crippen LogP contribution in [-0.4, -0.2) is 11.9 Å². The van der Waals surface area contributed by atoms with E-state index in [0.717, 1.165) is 11.6 Å². The van der Waals surface area contributed by atoms with Gasteiger partial charge in [0, 0.05) is 6.20 Å². The fourth-order valence-corrected chi connectivity index (χ4v) is 1.24. The Hall–Kier alpha value is -2.36. The molecule has 1 aliphatic heterocycles. The van der Waals surface area contributed by atoms with E-state index in [2.05, 4.69) is 10.1 Å². The average Bonchev–Trinajstić information content (AvgIpc) is 2.59. The maximum Gasteiger partial charge on any atom is 0.362 e. The molecule has 0 fully saturated rings.